The van der Waals surface area contributed by atoms with E-state index < -0.39 is 0 Å². The number of nitrogens with one attached hydrogen (secondary N) is 1. The van der Waals surface area contributed by atoms with E-state index in [9.17, 15) is 0 Å². The van der Waals surface area contributed by atoms with Crippen molar-refractivity contribution >= 4 is 0 Å². The van der Waals surface area contributed by atoms with Crippen molar-refractivity contribution < 1.29 is 0 Å². The summed E-state index contributed by atoms with van der Waals surface area (Å²) in [5, 5.41) is 3.57. The Bertz CT molecular complexity index is 342. The van der Waals surface area contributed by atoms with E-state index in [1.54, 1.807) is 0 Å². The van der Waals surface area contributed by atoms with Gasteiger partial charge in [-0.3, -0.25) is 0 Å². The zero-order chi connectivity index (χ0) is 14.1. The fourth-order valence-corrected chi connectivity index (χ4v) is 2.41. The minimum absolute atomic E-state index is 0.386. The summed E-state index contributed by atoms with van der Waals surface area (Å²) in [6, 6.07) is 0. The molecule has 0 fully saturated rings. The summed E-state index contributed by atoms with van der Waals surface area (Å²) >= 11 is 0. The largest absolute Gasteiger partial charge is 0.334 e. The molecule has 1 aromatic heterocycles. The first-order chi connectivity index (χ1) is 9.09. The minimum atomic E-state index is 0.386. The third-order valence-corrected chi connectivity index (χ3v) is 3.61. The van der Waals surface area contributed by atoms with Gasteiger partial charge in [0.1, 0.15) is 5.82 Å². The molecule has 0 saturated carbocycles. The lowest BCUT2D eigenvalue weighted by Gasteiger charge is -2.25. The molecule has 110 valence electrons. The second-order valence-electron chi connectivity index (χ2n) is 6.26. The lowest BCUT2D eigenvalue weighted by molar-refractivity contribution is 0.300. The number of hydrogen-bond donors (Lipinski definition) is 1. The van der Waals surface area contributed by atoms with Crippen LogP contribution in [0, 0.1) is 5.41 Å². The zero-order valence-corrected chi connectivity index (χ0v) is 13.2. The molecule has 0 aliphatic heterocycles. The molecular formula is C16H31N3. The Hall–Kier alpha value is -0.830. The Kier molecular flexibility index (Phi) is 7.14. The van der Waals surface area contributed by atoms with Crippen molar-refractivity contribution in [1.29, 1.82) is 0 Å². The minimum Gasteiger partial charge on any atom is -0.334 e. The molecule has 0 amide bonds. The highest BCUT2D eigenvalue weighted by Gasteiger charge is 2.16. The SMILES string of the molecule is CCCCCC(C)(C)CNCc1nccn1CCC. The summed E-state index contributed by atoms with van der Waals surface area (Å²) in [5.41, 5.74) is 0.386. The molecule has 1 N–H and O–H groups in total. The fourth-order valence-electron chi connectivity index (χ4n) is 2.41. The molecule has 0 aliphatic rings. The van der Waals surface area contributed by atoms with Crippen molar-refractivity contribution in [3.8, 4) is 0 Å². The second-order valence-corrected chi connectivity index (χ2v) is 6.26. The number of imidazole rings is 1. The normalized spacial score (nSPS) is 12.0. The Morgan fingerprint density at radius 3 is 2.68 bits per heavy atom. The molecule has 1 heterocycles. The van der Waals surface area contributed by atoms with Crippen LogP contribution in [-0.2, 0) is 13.1 Å². The van der Waals surface area contributed by atoms with Crippen LogP contribution in [-0.4, -0.2) is 16.1 Å². The summed E-state index contributed by atoms with van der Waals surface area (Å²) in [5.74, 6) is 1.16. The smallest absolute Gasteiger partial charge is 0.122 e. The van der Waals surface area contributed by atoms with Gasteiger partial charge < -0.3 is 9.88 Å². The first kappa shape index (κ1) is 16.2. The van der Waals surface area contributed by atoms with E-state index in [1.165, 1.54) is 25.7 Å². The summed E-state index contributed by atoms with van der Waals surface area (Å²) < 4.78 is 2.25. The van der Waals surface area contributed by atoms with Crippen molar-refractivity contribution in [3.05, 3.63) is 18.2 Å². The highest BCUT2D eigenvalue weighted by molar-refractivity contribution is 4.92. The second kappa shape index (κ2) is 8.36. The van der Waals surface area contributed by atoms with Gasteiger partial charge in [0.05, 0.1) is 6.54 Å². The van der Waals surface area contributed by atoms with Crippen LogP contribution in [0.3, 0.4) is 0 Å². The summed E-state index contributed by atoms with van der Waals surface area (Å²) in [7, 11) is 0. The van der Waals surface area contributed by atoms with E-state index in [0.717, 1.165) is 31.9 Å². The van der Waals surface area contributed by atoms with E-state index in [4.69, 9.17) is 0 Å². The number of hydrogen-bond acceptors (Lipinski definition) is 2. The van der Waals surface area contributed by atoms with Gasteiger partial charge in [-0.25, -0.2) is 4.98 Å². The summed E-state index contributed by atoms with van der Waals surface area (Å²) in [4.78, 5) is 4.43. The molecule has 0 atom stereocenters. The molecule has 1 rings (SSSR count). The van der Waals surface area contributed by atoms with Gasteiger partial charge in [-0.05, 0) is 18.3 Å². The molecule has 0 radical (unpaired) electrons. The van der Waals surface area contributed by atoms with Crippen molar-refractivity contribution in [2.75, 3.05) is 6.54 Å². The maximum Gasteiger partial charge on any atom is 0.122 e. The Balaban J connectivity index is 2.30. The molecule has 3 nitrogen and oxygen atoms in total. The Labute approximate surface area is 118 Å². The topological polar surface area (TPSA) is 29.9 Å². The molecule has 0 aliphatic carbocycles. The molecule has 0 saturated heterocycles. The average Bonchev–Trinajstić information content (AvgIpc) is 2.77. The van der Waals surface area contributed by atoms with Crippen LogP contribution in [0.2, 0.25) is 0 Å². The summed E-state index contributed by atoms with van der Waals surface area (Å²) in [6.45, 7) is 12.2. The first-order valence-electron chi connectivity index (χ1n) is 7.80. The molecule has 0 unspecified atom stereocenters. The number of nitrogens with zero attached hydrogens (tertiary/aromatic N) is 2. The van der Waals surface area contributed by atoms with Gasteiger partial charge in [0.15, 0.2) is 0 Å². The van der Waals surface area contributed by atoms with E-state index in [0.29, 0.717) is 5.41 Å². The quantitative estimate of drug-likeness (QED) is 0.648. The number of aromatic nitrogens is 2. The van der Waals surface area contributed by atoms with Crippen LogP contribution in [0.1, 0.15) is 65.6 Å². The van der Waals surface area contributed by atoms with E-state index >= 15 is 0 Å². The molecule has 3 heteroatoms. The first-order valence-corrected chi connectivity index (χ1v) is 7.80. The Morgan fingerprint density at radius 2 is 2.00 bits per heavy atom. The van der Waals surface area contributed by atoms with Crippen molar-refractivity contribution in [2.45, 2.75) is 72.9 Å². The fraction of sp³-hybridized carbons (Fsp3) is 0.812. The van der Waals surface area contributed by atoms with Gasteiger partial charge in [-0.15, -0.1) is 0 Å². The maximum atomic E-state index is 4.43. The van der Waals surface area contributed by atoms with Crippen LogP contribution in [0.15, 0.2) is 12.4 Å². The number of aryl methyl sites for hydroxylation is 1. The van der Waals surface area contributed by atoms with Crippen LogP contribution < -0.4 is 5.32 Å². The predicted octanol–water partition coefficient (Wildman–Crippen LogP) is 3.99. The number of rotatable bonds is 10. The van der Waals surface area contributed by atoms with E-state index in [2.05, 4.69) is 48.8 Å². The molecule has 19 heavy (non-hydrogen) atoms. The van der Waals surface area contributed by atoms with Gasteiger partial charge >= 0.3 is 0 Å². The average molecular weight is 265 g/mol. The van der Waals surface area contributed by atoms with E-state index in [1.807, 2.05) is 6.20 Å². The molecule has 0 spiro atoms. The zero-order valence-electron chi connectivity index (χ0n) is 13.2. The highest BCUT2D eigenvalue weighted by atomic mass is 15.1. The van der Waals surface area contributed by atoms with Crippen molar-refractivity contribution in [1.82, 2.24) is 14.9 Å². The highest BCUT2D eigenvalue weighted by Crippen LogP contribution is 2.22. The van der Waals surface area contributed by atoms with Crippen LogP contribution in [0.5, 0.6) is 0 Å². The van der Waals surface area contributed by atoms with Gasteiger partial charge in [0.2, 0.25) is 0 Å². The van der Waals surface area contributed by atoms with Crippen molar-refractivity contribution in [2.24, 2.45) is 5.41 Å². The van der Waals surface area contributed by atoms with Crippen molar-refractivity contribution in [3.63, 3.8) is 0 Å². The maximum absolute atomic E-state index is 4.43. The number of unbranched alkanes of at least 4 members (excludes halogenated alkanes) is 2. The monoisotopic (exact) mass is 265 g/mol. The Morgan fingerprint density at radius 1 is 1.21 bits per heavy atom. The lowest BCUT2D eigenvalue weighted by atomic mass is 9.87. The van der Waals surface area contributed by atoms with Gasteiger partial charge in [0.25, 0.3) is 0 Å². The third kappa shape index (κ3) is 6.24. The standard InChI is InChI=1S/C16H31N3/c1-5-7-8-9-16(3,4)14-17-13-15-18-10-12-19(15)11-6-2/h10,12,17H,5-9,11,13-14H2,1-4H3. The lowest BCUT2D eigenvalue weighted by Crippen LogP contribution is -2.30. The van der Waals surface area contributed by atoms with Crippen LogP contribution >= 0.6 is 0 Å². The molecular weight excluding hydrogens is 234 g/mol. The van der Waals surface area contributed by atoms with Gasteiger partial charge in [-0.1, -0.05) is 47.0 Å². The predicted molar refractivity (Wildman–Crippen MR) is 82.1 cm³/mol. The molecule has 0 bridgehead atoms. The third-order valence-electron chi connectivity index (χ3n) is 3.61. The van der Waals surface area contributed by atoms with Gasteiger partial charge in [-0.2, -0.15) is 0 Å². The van der Waals surface area contributed by atoms with E-state index in [-0.39, 0.29) is 0 Å². The van der Waals surface area contributed by atoms with Crippen LogP contribution in [0.25, 0.3) is 0 Å². The van der Waals surface area contributed by atoms with Crippen LogP contribution in [0.4, 0.5) is 0 Å². The van der Waals surface area contributed by atoms with Gasteiger partial charge in [0, 0.05) is 25.5 Å². The molecule has 1 aromatic rings. The summed E-state index contributed by atoms with van der Waals surface area (Å²) in [6.07, 6.45) is 10.4. The molecule has 0 aromatic carbocycles.